The van der Waals surface area contributed by atoms with Gasteiger partial charge in [0.1, 0.15) is 28.1 Å². The molecule has 0 aliphatic heterocycles. The summed E-state index contributed by atoms with van der Waals surface area (Å²) in [5.41, 5.74) is 6.06. The highest BCUT2D eigenvalue weighted by Crippen LogP contribution is 2.20. The summed E-state index contributed by atoms with van der Waals surface area (Å²) in [6, 6.07) is 5.77. The molecule has 0 bridgehead atoms. The highest BCUT2D eigenvalue weighted by molar-refractivity contribution is 7.13. The van der Waals surface area contributed by atoms with Crippen molar-refractivity contribution in [2.24, 2.45) is 5.73 Å². The SMILES string of the molecule is Cc1nc(COc2ccc(F)cc2)sc1C(=O)NCCCN. The van der Waals surface area contributed by atoms with Crippen molar-refractivity contribution in [2.45, 2.75) is 20.0 Å². The van der Waals surface area contributed by atoms with E-state index in [1.54, 1.807) is 19.1 Å². The summed E-state index contributed by atoms with van der Waals surface area (Å²) in [5.74, 6) is 0.105. The highest BCUT2D eigenvalue weighted by atomic mass is 32.1. The fourth-order valence-electron chi connectivity index (χ4n) is 1.78. The summed E-state index contributed by atoms with van der Waals surface area (Å²) in [6.45, 7) is 3.12. The number of hydrogen-bond donors (Lipinski definition) is 2. The number of nitrogens with one attached hydrogen (secondary N) is 1. The van der Waals surface area contributed by atoms with Crippen LogP contribution in [0.15, 0.2) is 24.3 Å². The first-order valence-corrected chi connectivity index (χ1v) is 7.74. The summed E-state index contributed by atoms with van der Waals surface area (Å²) in [4.78, 5) is 16.9. The molecule has 3 N–H and O–H groups in total. The van der Waals surface area contributed by atoms with E-state index in [-0.39, 0.29) is 18.3 Å². The molecule has 2 rings (SSSR count). The standard InChI is InChI=1S/C15H18FN3O2S/c1-10-14(15(20)18-8-2-7-17)22-13(19-10)9-21-12-5-3-11(16)4-6-12/h3-6H,2,7-9,17H2,1H3,(H,18,20). The number of halogens is 1. The number of aromatic nitrogens is 1. The molecule has 1 heterocycles. The van der Waals surface area contributed by atoms with Crippen LogP contribution in [0.5, 0.6) is 5.75 Å². The van der Waals surface area contributed by atoms with Crippen molar-refractivity contribution in [3.05, 3.63) is 45.7 Å². The fourth-order valence-corrected chi connectivity index (χ4v) is 2.68. The predicted octanol–water partition coefficient (Wildman–Crippen LogP) is 2.25. The first kappa shape index (κ1) is 16.4. The van der Waals surface area contributed by atoms with Gasteiger partial charge in [0.05, 0.1) is 5.69 Å². The Labute approximate surface area is 132 Å². The molecule has 0 radical (unpaired) electrons. The average molecular weight is 323 g/mol. The van der Waals surface area contributed by atoms with Crippen molar-refractivity contribution in [3.63, 3.8) is 0 Å². The Hall–Kier alpha value is -1.99. The third-order valence-electron chi connectivity index (χ3n) is 2.89. The zero-order valence-corrected chi connectivity index (χ0v) is 13.1. The van der Waals surface area contributed by atoms with Gasteiger partial charge >= 0.3 is 0 Å². The van der Waals surface area contributed by atoms with Crippen LogP contribution in [0, 0.1) is 12.7 Å². The predicted molar refractivity (Wildman–Crippen MR) is 83.6 cm³/mol. The zero-order chi connectivity index (χ0) is 15.9. The number of ether oxygens (including phenoxy) is 1. The van der Waals surface area contributed by atoms with Crippen molar-refractivity contribution < 1.29 is 13.9 Å². The van der Waals surface area contributed by atoms with Crippen LogP contribution in [0.2, 0.25) is 0 Å². The van der Waals surface area contributed by atoms with Crippen molar-refractivity contribution in [1.29, 1.82) is 0 Å². The van der Waals surface area contributed by atoms with Gasteiger partial charge in [0.2, 0.25) is 0 Å². The van der Waals surface area contributed by atoms with Crippen LogP contribution in [0.25, 0.3) is 0 Å². The van der Waals surface area contributed by atoms with Gasteiger partial charge in [0.25, 0.3) is 5.91 Å². The number of aryl methyl sites for hydroxylation is 1. The third kappa shape index (κ3) is 4.51. The molecule has 0 saturated heterocycles. The Bertz CT molecular complexity index is 628. The Kier molecular flexibility index (Phi) is 5.85. The van der Waals surface area contributed by atoms with E-state index in [0.29, 0.717) is 34.4 Å². The Morgan fingerprint density at radius 2 is 2.14 bits per heavy atom. The summed E-state index contributed by atoms with van der Waals surface area (Å²) in [6.07, 6.45) is 0.740. The second-order valence-corrected chi connectivity index (χ2v) is 5.75. The number of rotatable bonds is 7. The van der Waals surface area contributed by atoms with Gasteiger partial charge in [-0.05, 0) is 44.2 Å². The Morgan fingerprint density at radius 3 is 2.82 bits per heavy atom. The summed E-state index contributed by atoms with van der Waals surface area (Å²) < 4.78 is 18.3. The second-order valence-electron chi connectivity index (χ2n) is 4.66. The number of benzene rings is 1. The lowest BCUT2D eigenvalue weighted by Crippen LogP contribution is -2.25. The van der Waals surface area contributed by atoms with E-state index in [1.807, 2.05) is 0 Å². The molecule has 1 aromatic carbocycles. The molecule has 0 fully saturated rings. The molecule has 0 spiro atoms. The maximum absolute atomic E-state index is 12.8. The fraction of sp³-hybridized carbons (Fsp3) is 0.333. The minimum absolute atomic E-state index is 0.142. The van der Waals surface area contributed by atoms with Crippen LogP contribution < -0.4 is 15.8 Å². The van der Waals surface area contributed by atoms with Crippen LogP contribution in [0.1, 0.15) is 26.8 Å². The first-order chi connectivity index (χ1) is 10.6. The molecule has 0 unspecified atom stereocenters. The van der Waals surface area contributed by atoms with Crippen LogP contribution in [-0.4, -0.2) is 24.0 Å². The van der Waals surface area contributed by atoms with E-state index in [2.05, 4.69) is 10.3 Å². The third-order valence-corrected chi connectivity index (χ3v) is 4.02. The molecule has 0 aliphatic rings. The van der Waals surface area contributed by atoms with Gasteiger partial charge in [-0.25, -0.2) is 9.37 Å². The molecule has 0 atom stereocenters. The topological polar surface area (TPSA) is 77.2 Å². The highest BCUT2D eigenvalue weighted by Gasteiger charge is 2.15. The van der Waals surface area contributed by atoms with Gasteiger partial charge in [-0.3, -0.25) is 4.79 Å². The Balaban J connectivity index is 1.94. The molecular formula is C15H18FN3O2S. The number of carbonyl (C=O) groups is 1. The van der Waals surface area contributed by atoms with E-state index in [0.717, 1.165) is 6.42 Å². The van der Waals surface area contributed by atoms with Crippen LogP contribution in [-0.2, 0) is 6.61 Å². The molecule has 0 aliphatic carbocycles. The summed E-state index contributed by atoms with van der Waals surface area (Å²) in [7, 11) is 0. The molecule has 0 saturated carbocycles. The molecule has 2 aromatic rings. The van der Waals surface area contributed by atoms with Crippen molar-refractivity contribution in [3.8, 4) is 5.75 Å². The van der Waals surface area contributed by atoms with Crippen LogP contribution in [0.4, 0.5) is 4.39 Å². The van der Waals surface area contributed by atoms with Gasteiger partial charge in [-0.2, -0.15) is 0 Å². The van der Waals surface area contributed by atoms with Gasteiger partial charge in [0.15, 0.2) is 0 Å². The van der Waals surface area contributed by atoms with E-state index >= 15 is 0 Å². The van der Waals surface area contributed by atoms with E-state index < -0.39 is 0 Å². The minimum atomic E-state index is -0.311. The van der Waals surface area contributed by atoms with Crippen LogP contribution >= 0.6 is 11.3 Å². The molecule has 118 valence electrons. The molecule has 7 heteroatoms. The lowest BCUT2D eigenvalue weighted by atomic mass is 10.3. The second kappa shape index (κ2) is 7.86. The quantitative estimate of drug-likeness (QED) is 0.766. The number of thiazole rings is 1. The lowest BCUT2D eigenvalue weighted by Gasteiger charge is -2.03. The molecular weight excluding hydrogens is 305 g/mol. The van der Waals surface area contributed by atoms with Crippen LogP contribution in [0.3, 0.4) is 0 Å². The normalized spacial score (nSPS) is 10.5. The van der Waals surface area contributed by atoms with E-state index in [9.17, 15) is 9.18 Å². The van der Waals surface area contributed by atoms with Crippen molar-refractivity contribution >= 4 is 17.2 Å². The maximum Gasteiger partial charge on any atom is 0.263 e. The van der Waals surface area contributed by atoms with Gasteiger partial charge in [-0.15, -0.1) is 11.3 Å². The van der Waals surface area contributed by atoms with Crippen molar-refractivity contribution in [1.82, 2.24) is 10.3 Å². The van der Waals surface area contributed by atoms with E-state index in [1.165, 1.54) is 23.5 Å². The van der Waals surface area contributed by atoms with E-state index in [4.69, 9.17) is 10.5 Å². The molecule has 1 amide bonds. The number of nitrogens with two attached hydrogens (primary N) is 1. The molecule has 22 heavy (non-hydrogen) atoms. The largest absolute Gasteiger partial charge is 0.486 e. The minimum Gasteiger partial charge on any atom is -0.486 e. The smallest absolute Gasteiger partial charge is 0.263 e. The molecule has 1 aromatic heterocycles. The number of carbonyl (C=O) groups excluding carboxylic acids is 1. The number of nitrogens with zero attached hydrogens (tertiary/aromatic N) is 1. The summed E-state index contributed by atoms with van der Waals surface area (Å²) >= 11 is 1.29. The summed E-state index contributed by atoms with van der Waals surface area (Å²) in [5, 5.41) is 3.50. The van der Waals surface area contributed by atoms with Gasteiger partial charge in [0, 0.05) is 6.54 Å². The number of hydrogen-bond acceptors (Lipinski definition) is 5. The van der Waals surface area contributed by atoms with Gasteiger partial charge < -0.3 is 15.8 Å². The molecule has 5 nitrogen and oxygen atoms in total. The Morgan fingerprint density at radius 1 is 1.41 bits per heavy atom. The average Bonchev–Trinajstić information content (AvgIpc) is 2.88. The number of amides is 1. The van der Waals surface area contributed by atoms with Crippen molar-refractivity contribution in [2.75, 3.05) is 13.1 Å². The van der Waals surface area contributed by atoms with Gasteiger partial charge in [-0.1, -0.05) is 0 Å². The first-order valence-electron chi connectivity index (χ1n) is 6.93. The maximum atomic E-state index is 12.8. The monoisotopic (exact) mass is 323 g/mol. The zero-order valence-electron chi connectivity index (χ0n) is 12.3. The lowest BCUT2D eigenvalue weighted by molar-refractivity contribution is 0.0956.